The molecule has 0 aliphatic heterocycles. The molecule has 0 atom stereocenters. The van der Waals surface area contributed by atoms with E-state index in [0.29, 0.717) is 0 Å². The zero-order chi connectivity index (χ0) is 14.2. The van der Waals surface area contributed by atoms with Gasteiger partial charge >= 0.3 is 0 Å². The first-order valence-electron chi connectivity index (χ1n) is 7.60. The Labute approximate surface area is 127 Å². The molecule has 0 saturated heterocycles. The molecule has 0 radical (unpaired) electrons. The highest BCUT2D eigenvalue weighted by Crippen LogP contribution is 2.27. The molecule has 0 bridgehead atoms. The van der Waals surface area contributed by atoms with Crippen LogP contribution in [0.25, 0.3) is 10.4 Å². The zero-order valence-corrected chi connectivity index (χ0v) is 13.4. The van der Waals surface area contributed by atoms with Gasteiger partial charge in [-0.05, 0) is 36.6 Å². The summed E-state index contributed by atoms with van der Waals surface area (Å²) in [6, 6.07) is 15.1. The van der Waals surface area contributed by atoms with Crippen LogP contribution in [0.4, 0.5) is 0 Å². The van der Waals surface area contributed by atoms with Crippen molar-refractivity contribution in [3.63, 3.8) is 0 Å². The van der Waals surface area contributed by atoms with Gasteiger partial charge in [-0.25, -0.2) is 0 Å². The molecule has 1 aromatic carbocycles. The Kier molecular flexibility index (Phi) is 6.28. The lowest BCUT2D eigenvalue weighted by atomic mass is 10.1. The quantitative estimate of drug-likeness (QED) is 0.647. The molecule has 2 heteroatoms. The summed E-state index contributed by atoms with van der Waals surface area (Å²) in [6.07, 6.45) is 3.97. The molecule has 0 spiro atoms. The highest BCUT2D eigenvalue weighted by Gasteiger charge is 2.02. The summed E-state index contributed by atoms with van der Waals surface area (Å²) >= 11 is 1.89. The minimum atomic E-state index is 0.834. The van der Waals surface area contributed by atoms with Gasteiger partial charge < -0.3 is 5.32 Å². The molecule has 0 fully saturated rings. The maximum absolute atomic E-state index is 3.55. The van der Waals surface area contributed by atoms with Crippen LogP contribution >= 0.6 is 11.3 Å². The van der Waals surface area contributed by atoms with Gasteiger partial charge in [0.05, 0.1) is 0 Å². The van der Waals surface area contributed by atoms with Gasteiger partial charge in [-0.1, -0.05) is 57.0 Å². The van der Waals surface area contributed by atoms with Crippen LogP contribution in [0.3, 0.4) is 0 Å². The molecule has 1 aromatic heterocycles. The minimum Gasteiger partial charge on any atom is -0.312 e. The molecule has 1 N–H and O–H groups in total. The molecule has 20 heavy (non-hydrogen) atoms. The summed E-state index contributed by atoms with van der Waals surface area (Å²) in [4.78, 5) is 2.79. The van der Waals surface area contributed by atoms with Crippen molar-refractivity contribution < 1.29 is 0 Å². The lowest BCUT2D eigenvalue weighted by Crippen LogP contribution is -2.13. The zero-order valence-electron chi connectivity index (χ0n) is 12.6. The molecule has 2 rings (SSSR count). The first-order valence-corrected chi connectivity index (χ1v) is 8.42. The molecular formula is C18H25NS. The molecule has 0 unspecified atom stereocenters. The van der Waals surface area contributed by atoms with Crippen LogP contribution in [0.5, 0.6) is 0 Å². The van der Waals surface area contributed by atoms with E-state index in [9.17, 15) is 0 Å². The van der Waals surface area contributed by atoms with Crippen LogP contribution < -0.4 is 5.32 Å². The third kappa shape index (κ3) is 5.10. The smallest absolute Gasteiger partial charge is 0.0346 e. The van der Waals surface area contributed by atoms with Crippen molar-refractivity contribution in [3.05, 3.63) is 47.3 Å². The standard InChI is InChI=1S/C18H25NS/c1-15(2)8-6-7-13-19-14-17-11-12-18(20-17)16-9-4-3-5-10-16/h3-5,9-12,15,19H,6-8,13-14H2,1-2H3. The van der Waals surface area contributed by atoms with Gasteiger partial charge in [0.1, 0.15) is 0 Å². The number of hydrogen-bond donors (Lipinski definition) is 1. The van der Waals surface area contributed by atoms with E-state index in [0.717, 1.165) is 19.0 Å². The van der Waals surface area contributed by atoms with Crippen molar-refractivity contribution in [2.45, 2.75) is 39.7 Å². The van der Waals surface area contributed by atoms with Gasteiger partial charge in [-0.3, -0.25) is 0 Å². The van der Waals surface area contributed by atoms with E-state index in [1.54, 1.807) is 0 Å². The molecule has 1 heterocycles. The number of unbranched alkanes of at least 4 members (excludes halogenated alkanes) is 1. The highest BCUT2D eigenvalue weighted by atomic mass is 32.1. The number of benzene rings is 1. The van der Waals surface area contributed by atoms with Crippen LogP contribution in [-0.4, -0.2) is 6.54 Å². The van der Waals surface area contributed by atoms with Gasteiger partial charge in [0, 0.05) is 16.3 Å². The van der Waals surface area contributed by atoms with Crippen molar-refractivity contribution in [2.24, 2.45) is 5.92 Å². The van der Waals surface area contributed by atoms with Gasteiger partial charge in [0.2, 0.25) is 0 Å². The van der Waals surface area contributed by atoms with Crippen molar-refractivity contribution in [2.75, 3.05) is 6.54 Å². The second-order valence-corrected chi connectivity index (χ2v) is 6.87. The van der Waals surface area contributed by atoms with Crippen molar-refractivity contribution in [1.82, 2.24) is 5.32 Å². The van der Waals surface area contributed by atoms with Gasteiger partial charge in [0.15, 0.2) is 0 Å². The lowest BCUT2D eigenvalue weighted by Gasteiger charge is -2.05. The number of hydrogen-bond acceptors (Lipinski definition) is 2. The van der Waals surface area contributed by atoms with Crippen LogP contribution in [0.1, 0.15) is 38.0 Å². The second kappa shape index (κ2) is 8.23. The van der Waals surface area contributed by atoms with E-state index in [4.69, 9.17) is 0 Å². The molecule has 108 valence electrons. The van der Waals surface area contributed by atoms with Crippen LogP contribution in [0.2, 0.25) is 0 Å². The SMILES string of the molecule is CC(C)CCCCNCc1ccc(-c2ccccc2)s1. The normalized spacial score (nSPS) is 11.2. The molecule has 0 saturated carbocycles. The Morgan fingerprint density at radius 3 is 2.55 bits per heavy atom. The molecule has 0 amide bonds. The molecule has 2 aromatic rings. The van der Waals surface area contributed by atoms with Crippen molar-refractivity contribution >= 4 is 11.3 Å². The predicted octanol–water partition coefficient (Wildman–Crippen LogP) is 5.33. The molecule has 0 aliphatic carbocycles. The third-order valence-corrected chi connectivity index (χ3v) is 4.54. The summed E-state index contributed by atoms with van der Waals surface area (Å²) < 4.78 is 0. The topological polar surface area (TPSA) is 12.0 Å². The summed E-state index contributed by atoms with van der Waals surface area (Å²) in [5.74, 6) is 0.834. The number of thiophene rings is 1. The van der Waals surface area contributed by atoms with E-state index in [2.05, 4.69) is 61.6 Å². The minimum absolute atomic E-state index is 0.834. The summed E-state index contributed by atoms with van der Waals surface area (Å²) in [7, 11) is 0. The Balaban J connectivity index is 1.71. The average molecular weight is 287 g/mol. The highest BCUT2D eigenvalue weighted by molar-refractivity contribution is 7.15. The van der Waals surface area contributed by atoms with Crippen LogP contribution in [-0.2, 0) is 6.54 Å². The Hall–Kier alpha value is -1.12. The largest absolute Gasteiger partial charge is 0.312 e. The van der Waals surface area contributed by atoms with Crippen LogP contribution in [0, 0.1) is 5.92 Å². The Morgan fingerprint density at radius 2 is 1.80 bits per heavy atom. The molecule has 0 aliphatic rings. The lowest BCUT2D eigenvalue weighted by molar-refractivity contribution is 0.521. The van der Waals surface area contributed by atoms with Crippen LogP contribution in [0.15, 0.2) is 42.5 Å². The predicted molar refractivity (Wildman–Crippen MR) is 90.2 cm³/mol. The Morgan fingerprint density at radius 1 is 1.00 bits per heavy atom. The van der Waals surface area contributed by atoms with Gasteiger partial charge in [-0.15, -0.1) is 11.3 Å². The number of rotatable bonds is 8. The maximum Gasteiger partial charge on any atom is 0.0346 e. The fourth-order valence-electron chi connectivity index (χ4n) is 2.24. The second-order valence-electron chi connectivity index (χ2n) is 5.70. The van der Waals surface area contributed by atoms with E-state index in [-0.39, 0.29) is 0 Å². The fraction of sp³-hybridized carbons (Fsp3) is 0.444. The van der Waals surface area contributed by atoms with E-state index >= 15 is 0 Å². The van der Waals surface area contributed by atoms with E-state index < -0.39 is 0 Å². The maximum atomic E-state index is 3.55. The summed E-state index contributed by atoms with van der Waals surface area (Å²) in [5.41, 5.74) is 1.32. The van der Waals surface area contributed by atoms with Gasteiger partial charge in [0.25, 0.3) is 0 Å². The van der Waals surface area contributed by atoms with E-state index in [1.165, 1.54) is 34.6 Å². The third-order valence-electron chi connectivity index (χ3n) is 3.40. The fourth-order valence-corrected chi connectivity index (χ4v) is 3.23. The van der Waals surface area contributed by atoms with E-state index in [1.807, 2.05) is 11.3 Å². The first-order chi connectivity index (χ1) is 9.75. The van der Waals surface area contributed by atoms with Crippen molar-refractivity contribution in [3.8, 4) is 10.4 Å². The molecule has 1 nitrogen and oxygen atoms in total. The summed E-state index contributed by atoms with van der Waals surface area (Å²) in [6.45, 7) is 6.72. The monoisotopic (exact) mass is 287 g/mol. The number of nitrogens with one attached hydrogen (secondary N) is 1. The van der Waals surface area contributed by atoms with Crippen molar-refractivity contribution in [1.29, 1.82) is 0 Å². The molecular weight excluding hydrogens is 262 g/mol. The van der Waals surface area contributed by atoms with Gasteiger partial charge in [-0.2, -0.15) is 0 Å². The Bertz CT molecular complexity index is 487. The summed E-state index contributed by atoms with van der Waals surface area (Å²) in [5, 5.41) is 3.55. The first kappa shape index (κ1) is 15.3. The average Bonchev–Trinajstić information content (AvgIpc) is 2.92.